The number of carbonyl (C=O) groups is 2. The summed E-state index contributed by atoms with van der Waals surface area (Å²) < 4.78 is 1.49. The number of carbonyl (C=O) groups excluding carboxylic acids is 2. The van der Waals surface area contributed by atoms with Crippen LogP contribution < -0.4 is 16.1 Å². The highest BCUT2D eigenvalue weighted by Gasteiger charge is 2.27. The number of para-hydroxylation sites is 1. The van der Waals surface area contributed by atoms with Gasteiger partial charge in [-0.25, -0.2) is 4.68 Å². The predicted molar refractivity (Wildman–Crippen MR) is 117 cm³/mol. The SMILES string of the molecule is CCNC(=O)c1c(NC(=O)c2nn(-c3ccccc3)ccc2=O)sc2c1CCCC2. The molecule has 0 atom stereocenters. The topological polar surface area (TPSA) is 93.1 Å². The molecule has 0 spiro atoms. The molecule has 1 aliphatic rings. The van der Waals surface area contributed by atoms with Gasteiger partial charge >= 0.3 is 0 Å². The summed E-state index contributed by atoms with van der Waals surface area (Å²) in [5, 5.41) is 10.3. The molecule has 30 heavy (non-hydrogen) atoms. The number of anilines is 1. The second-order valence-electron chi connectivity index (χ2n) is 7.04. The van der Waals surface area contributed by atoms with Crippen molar-refractivity contribution in [2.75, 3.05) is 11.9 Å². The number of rotatable bonds is 5. The maximum atomic E-state index is 13.0. The molecule has 8 heteroatoms. The van der Waals surface area contributed by atoms with Gasteiger partial charge in [0.25, 0.3) is 11.8 Å². The molecule has 2 N–H and O–H groups in total. The third-order valence-corrected chi connectivity index (χ3v) is 6.21. The molecule has 1 aliphatic carbocycles. The number of aryl methyl sites for hydroxylation is 1. The van der Waals surface area contributed by atoms with Gasteiger partial charge in [0.2, 0.25) is 5.43 Å². The van der Waals surface area contributed by atoms with E-state index in [-0.39, 0.29) is 11.6 Å². The van der Waals surface area contributed by atoms with Crippen molar-refractivity contribution in [2.45, 2.75) is 32.6 Å². The van der Waals surface area contributed by atoms with Crippen LogP contribution in [0.1, 0.15) is 51.1 Å². The third-order valence-electron chi connectivity index (χ3n) is 5.01. The van der Waals surface area contributed by atoms with Crippen LogP contribution in [0, 0.1) is 0 Å². The summed E-state index contributed by atoms with van der Waals surface area (Å²) in [6.45, 7) is 2.35. The highest BCUT2D eigenvalue weighted by molar-refractivity contribution is 7.17. The van der Waals surface area contributed by atoms with Crippen molar-refractivity contribution in [3.8, 4) is 5.69 Å². The molecule has 2 amide bonds. The molecule has 0 radical (unpaired) electrons. The Balaban J connectivity index is 1.69. The summed E-state index contributed by atoms with van der Waals surface area (Å²) in [6, 6.07) is 10.6. The summed E-state index contributed by atoms with van der Waals surface area (Å²) in [6.07, 6.45) is 5.33. The van der Waals surface area contributed by atoms with Gasteiger partial charge in [-0.3, -0.25) is 14.4 Å². The second-order valence-corrected chi connectivity index (χ2v) is 8.14. The quantitative estimate of drug-likeness (QED) is 0.660. The first-order chi connectivity index (χ1) is 14.6. The Morgan fingerprint density at radius 2 is 1.87 bits per heavy atom. The molecule has 2 aromatic heterocycles. The van der Waals surface area contributed by atoms with Gasteiger partial charge in [0.05, 0.1) is 11.3 Å². The van der Waals surface area contributed by atoms with Gasteiger partial charge in [-0.05, 0) is 50.3 Å². The van der Waals surface area contributed by atoms with Crippen LogP contribution in [-0.2, 0) is 12.8 Å². The maximum Gasteiger partial charge on any atom is 0.280 e. The molecule has 0 unspecified atom stereocenters. The fraction of sp³-hybridized carbons (Fsp3) is 0.273. The normalized spacial score (nSPS) is 12.8. The van der Waals surface area contributed by atoms with Crippen molar-refractivity contribution in [1.29, 1.82) is 0 Å². The van der Waals surface area contributed by atoms with Crippen LogP contribution in [0.5, 0.6) is 0 Å². The molecule has 4 rings (SSSR count). The summed E-state index contributed by atoms with van der Waals surface area (Å²) in [5.41, 5.74) is 1.58. The van der Waals surface area contributed by atoms with Crippen molar-refractivity contribution in [3.63, 3.8) is 0 Å². The summed E-state index contributed by atoms with van der Waals surface area (Å²) in [4.78, 5) is 39.1. The highest BCUT2D eigenvalue weighted by atomic mass is 32.1. The Kier molecular flexibility index (Phi) is 5.76. The predicted octanol–water partition coefficient (Wildman–Crippen LogP) is 3.17. The van der Waals surface area contributed by atoms with E-state index in [1.165, 1.54) is 28.3 Å². The summed E-state index contributed by atoms with van der Waals surface area (Å²) in [5.74, 6) is -0.815. The van der Waals surface area contributed by atoms with Crippen LogP contribution in [0.25, 0.3) is 5.69 Å². The number of aromatic nitrogens is 2. The van der Waals surface area contributed by atoms with E-state index in [4.69, 9.17) is 0 Å². The number of benzene rings is 1. The van der Waals surface area contributed by atoms with Crippen LogP contribution in [0.2, 0.25) is 0 Å². The van der Waals surface area contributed by atoms with Gasteiger partial charge in [-0.15, -0.1) is 11.3 Å². The molecule has 154 valence electrons. The van der Waals surface area contributed by atoms with Gasteiger partial charge in [0.15, 0.2) is 5.69 Å². The van der Waals surface area contributed by atoms with E-state index in [2.05, 4.69) is 15.7 Å². The van der Waals surface area contributed by atoms with Crippen molar-refractivity contribution in [1.82, 2.24) is 15.1 Å². The lowest BCUT2D eigenvalue weighted by molar-refractivity contribution is 0.0956. The monoisotopic (exact) mass is 422 g/mol. The number of nitrogens with one attached hydrogen (secondary N) is 2. The fourth-order valence-electron chi connectivity index (χ4n) is 3.59. The zero-order chi connectivity index (χ0) is 21.1. The van der Waals surface area contributed by atoms with Crippen LogP contribution >= 0.6 is 11.3 Å². The lowest BCUT2D eigenvalue weighted by atomic mass is 9.95. The van der Waals surface area contributed by atoms with Crippen LogP contribution in [0.15, 0.2) is 47.4 Å². The molecule has 1 aromatic carbocycles. The largest absolute Gasteiger partial charge is 0.352 e. The zero-order valence-corrected chi connectivity index (χ0v) is 17.4. The van der Waals surface area contributed by atoms with Crippen LogP contribution in [0.3, 0.4) is 0 Å². The molecular formula is C22H22N4O3S. The van der Waals surface area contributed by atoms with Crippen LogP contribution in [0.4, 0.5) is 5.00 Å². The van der Waals surface area contributed by atoms with Gasteiger partial charge in [0, 0.05) is 23.7 Å². The Hall–Kier alpha value is -3.26. The third kappa shape index (κ3) is 3.91. The average molecular weight is 423 g/mol. The Labute approximate surface area is 177 Å². The fourth-order valence-corrected chi connectivity index (χ4v) is 4.88. The Morgan fingerprint density at radius 3 is 2.63 bits per heavy atom. The summed E-state index contributed by atoms with van der Waals surface area (Å²) >= 11 is 1.42. The first-order valence-corrected chi connectivity index (χ1v) is 10.8. The van der Waals surface area contributed by atoms with Gasteiger partial charge in [-0.2, -0.15) is 5.10 Å². The number of fused-ring (bicyclic) bond motifs is 1. The molecule has 2 heterocycles. The molecule has 3 aromatic rings. The van der Waals surface area contributed by atoms with E-state index in [1.807, 2.05) is 37.3 Å². The number of hydrogen-bond acceptors (Lipinski definition) is 5. The minimum atomic E-state index is -0.616. The Bertz CT molecular complexity index is 1150. The minimum Gasteiger partial charge on any atom is -0.352 e. The van der Waals surface area contributed by atoms with E-state index in [9.17, 15) is 14.4 Å². The number of amides is 2. The number of hydrogen-bond donors (Lipinski definition) is 2. The minimum absolute atomic E-state index is 0.199. The standard InChI is InChI=1S/C22H22N4O3S/c1-2-23-20(28)18-15-10-6-7-11-17(15)30-22(18)24-21(29)19-16(27)12-13-26(25-19)14-8-4-3-5-9-14/h3-5,8-9,12-13H,2,6-7,10-11H2,1H3,(H,23,28)(H,24,29). The van der Waals surface area contributed by atoms with E-state index in [0.717, 1.165) is 41.8 Å². The number of nitrogens with zero attached hydrogens (tertiary/aromatic N) is 2. The maximum absolute atomic E-state index is 13.0. The lowest BCUT2D eigenvalue weighted by Gasteiger charge is -2.12. The average Bonchev–Trinajstić information content (AvgIpc) is 3.12. The van der Waals surface area contributed by atoms with Crippen molar-refractivity contribution in [2.24, 2.45) is 0 Å². The smallest absolute Gasteiger partial charge is 0.280 e. The highest BCUT2D eigenvalue weighted by Crippen LogP contribution is 2.38. The van der Waals surface area contributed by atoms with Gasteiger partial charge < -0.3 is 10.6 Å². The molecule has 7 nitrogen and oxygen atoms in total. The van der Waals surface area contributed by atoms with Gasteiger partial charge in [-0.1, -0.05) is 18.2 Å². The molecule has 0 aliphatic heterocycles. The Morgan fingerprint density at radius 1 is 1.10 bits per heavy atom. The molecular weight excluding hydrogens is 400 g/mol. The van der Waals surface area contributed by atoms with Gasteiger partial charge in [0.1, 0.15) is 5.00 Å². The first kappa shape index (κ1) is 20.0. The number of thiophene rings is 1. The van der Waals surface area contributed by atoms with Crippen molar-refractivity contribution in [3.05, 3.63) is 74.5 Å². The molecule has 0 saturated heterocycles. The zero-order valence-electron chi connectivity index (χ0n) is 16.6. The molecule has 0 bridgehead atoms. The molecule has 0 saturated carbocycles. The van der Waals surface area contributed by atoms with Crippen molar-refractivity contribution >= 4 is 28.2 Å². The first-order valence-electron chi connectivity index (χ1n) is 9.98. The van der Waals surface area contributed by atoms with Crippen molar-refractivity contribution < 1.29 is 9.59 Å². The van der Waals surface area contributed by atoms with E-state index in [0.29, 0.717) is 17.1 Å². The second kappa shape index (κ2) is 8.62. The van der Waals surface area contributed by atoms with E-state index >= 15 is 0 Å². The van der Waals surface area contributed by atoms with Crippen LogP contribution in [-0.4, -0.2) is 28.1 Å². The van der Waals surface area contributed by atoms with E-state index < -0.39 is 11.3 Å². The summed E-state index contributed by atoms with van der Waals surface area (Å²) in [7, 11) is 0. The van der Waals surface area contributed by atoms with E-state index in [1.54, 1.807) is 0 Å². The molecule has 0 fully saturated rings. The lowest BCUT2D eigenvalue weighted by Crippen LogP contribution is -2.28.